The highest BCUT2D eigenvalue weighted by Crippen LogP contribution is 2.51. The normalized spacial score (nSPS) is 35.7. The van der Waals surface area contributed by atoms with Crippen molar-refractivity contribution in [2.45, 2.75) is 62.2 Å². The number of ether oxygens (including phenoxy) is 2. The van der Waals surface area contributed by atoms with E-state index in [0.717, 1.165) is 0 Å². The van der Waals surface area contributed by atoms with Gasteiger partial charge in [0.15, 0.2) is 35.1 Å². The molecule has 42 heavy (non-hydrogen) atoms. The van der Waals surface area contributed by atoms with Gasteiger partial charge in [0.2, 0.25) is 5.95 Å². The van der Waals surface area contributed by atoms with Crippen LogP contribution < -0.4 is 17.0 Å². The van der Waals surface area contributed by atoms with Crippen LogP contribution in [0.25, 0.3) is 22.3 Å². The molecule has 4 aromatic rings. The summed E-state index contributed by atoms with van der Waals surface area (Å²) in [5.74, 6) is -0.543. The Morgan fingerprint density at radius 1 is 0.952 bits per heavy atom. The number of nitrogen functional groups attached to an aromatic ring is 2. The van der Waals surface area contributed by atoms with Gasteiger partial charge < -0.3 is 36.0 Å². The highest BCUT2D eigenvalue weighted by Gasteiger charge is 2.51. The molecule has 20 heteroatoms. The maximum Gasteiger partial charge on any atom is 0.472 e. The molecule has 0 bridgehead atoms. The summed E-state index contributed by atoms with van der Waals surface area (Å²) in [6.07, 6.45) is -2.40. The van der Waals surface area contributed by atoms with Crippen LogP contribution in [-0.2, 0) is 23.1 Å². The Balaban J connectivity index is 1.15. The number of imidazole rings is 2. The Labute approximate surface area is 235 Å². The summed E-state index contributed by atoms with van der Waals surface area (Å²) >= 11 is 0. The number of hydrogen-bond acceptors (Lipinski definition) is 15. The van der Waals surface area contributed by atoms with Crippen LogP contribution in [0.15, 0.2) is 23.8 Å². The van der Waals surface area contributed by atoms with Crippen LogP contribution in [0, 0.1) is 5.92 Å². The number of nitrogens with zero attached hydrogens (tertiary/aromatic N) is 7. The molecule has 0 spiro atoms. The first kappa shape index (κ1) is 27.3. The fourth-order valence-electron chi connectivity index (χ4n) is 5.95. The summed E-state index contributed by atoms with van der Waals surface area (Å²) < 4.78 is 38.8. The first-order valence-electron chi connectivity index (χ1n) is 13.1. The quantitative estimate of drug-likeness (QED) is 0.148. The van der Waals surface area contributed by atoms with Gasteiger partial charge in [0, 0.05) is 5.92 Å². The third-order valence-electron chi connectivity index (χ3n) is 7.90. The lowest BCUT2D eigenvalue weighted by atomic mass is 9.91. The summed E-state index contributed by atoms with van der Waals surface area (Å²) in [7, 11) is -4.76. The second-order valence-electron chi connectivity index (χ2n) is 10.4. The third kappa shape index (κ3) is 4.45. The van der Waals surface area contributed by atoms with E-state index in [2.05, 4.69) is 29.9 Å². The molecular formula is C22H27N10O9P. The van der Waals surface area contributed by atoms with Crippen molar-refractivity contribution in [1.29, 1.82) is 0 Å². The van der Waals surface area contributed by atoms with Crippen LogP contribution in [0.2, 0.25) is 0 Å². The Bertz CT molecular complexity index is 1760. The van der Waals surface area contributed by atoms with Gasteiger partial charge in [-0.25, -0.2) is 24.5 Å². The van der Waals surface area contributed by atoms with Gasteiger partial charge in [-0.15, -0.1) is 0 Å². The monoisotopic (exact) mass is 606 g/mol. The minimum atomic E-state index is -4.76. The first-order chi connectivity index (χ1) is 20.1. The number of rotatable bonds is 2. The molecule has 8 N–H and O–H groups in total. The zero-order chi connectivity index (χ0) is 29.3. The third-order valence-corrected chi connectivity index (χ3v) is 8.89. The van der Waals surface area contributed by atoms with Crippen LogP contribution in [0.5, 0.6) is 0 Å². The van der Waals surface area contributed by atoms with Crippen molar-refractivity contribution >= 4 is 41.9 Å². The predicted molar refractivity (Wildman–Crippen MR) is 140 cm³/mol. The number of phosphoric ester groups is 1. The van der Waals surface area contributed by atoms with Crippen LogP contribution >= 0.6 is 7.82 Å². The molecular weight excluding hydrogens is 579 g/mol. The van der Waals surface area contributed by atoms with Gasteiger partial charge in [-0.3, -0.25) is 28.0 Å². The molecule has 0 aliphatic carbocycles. The Morgan fingerprint density at radius 2 is 1.67 bits per heavy atom. The van der Waals surface area contributed by atoms with Crippen molar-refractivity contribution in [3.05, 3.63) is 29.3 Å². The Hall–Kier alpha value is -3.55. The van der Waals surface area contributed by atoms with Crippen LogP contribution in [0.4, 0.5) is 11.8 Å². The lowest BCUT2D eigenvalue weighted by Crippen LogP contribution is -2.34. The largest absolute Gasteiger partial charge is 0.472 e. The second-order valence-corrected chi connectivity index (χ2v) is 11.8. The van der Waals surface area contributed by atoms with Gasteiger partial charge in [0.05, 0.1) is 31.5 Å². The van der Waals surface area contributed by atoms with Crippen molar-refractivity contribution < 1.29 is 38.2 Å². The smallest absolute Gasteiger partial charge is 0.388 e. The van der Waals surface area contributed by atoms with Gasteiger partial charge in [0.1, 0.15) is 30.2 Å². The van der Waals surface area contributed by atoms with E-state index >= 15 is 0 Å². The van der Waals surface area contributed by atoms with E-state index in [1.807, 2.05) is 0 Å². The number of phosphoric acid groups is 1. The number of fused-ring (bicyclic) bond motifs is 4. The summed E-state index contributed by atoms with van der Waals surface area (Å²) in [4.78, 5) is 45.7. The topological polar surface area (TPSA) is 274 Å². The predicted octanol–water partition coefficient (Wildman–Crippen LogP) is -1.06. The van der Waals surface area contributed by atoms with Gasteiger partial charge >= 0.3 is 7.82 Å². The van der Waals surface area contributed by atoms with E-state index in [1.54, 1.807) is 0 Å². The number of aliphatic hydroxyl groups excluding tert-OH is 2. The minimum absolute atomic E-state index is 0.0104. The molecule has 19 nitrogen and oxygen atoms in total. The maximum atomic E-state index is 13.0. The molecule has 3 aliphatic heterocycles. The van der Waals surface area contributed by atoms with Crippen molar-refractivity contribution in [1.82, 2.24) is 39.0 Å². The minimum Gasteiger partial charge on any atom is -0.388 e. The highest BCUT2D eigenvalue weighted by atomic mass is 31.2. The number of aromatic nitrogens is 8. The molecule has 3 aliphatic rings. The number of aromatic amines is 1. The first-order valence-corrected chi connectivity index (χ1v) is 14.6. The molecule has 7 rings (SSSR count). The number of nitrogens with one attached hydrogen (secondary N) is 1. The Morgan fingerprint density at radius 3 is 2.48 bits per heavy atom. The maximum absolute atomic E-state index is 13.0. The zero-order valence-electron chi connectivity index (χ0n) is 21.7. The molecule has 0 aromatic carbocycles. The van der Waals surface area contributed by atoms with E-state index in [9.17, 15) is 24.5 Å². The number of nitrogens with two attached hydrogens (primary N) is 2. The second kappa shape index (κ2) is 10.0. The number of aliphatic hydroxyl groups is 2. The molecule has 9 unspecified atom stereocenters. The number of H-pyrrole nitrogens is 1. The number of anilines is 2. The SMILES string of the molecule is Nc1nc2c(ncn2C2OC3COP(=O)(O)OC4C(CCCC3C2O)OC(n2cnc3c(N)ncnc32)C4O)c(=O)[nH]1. The van der Waals surface area contributed by atoms with E-state index in [4.69, 9.17) is 30.0 Å². The van der Waals surface area contributed by atoms with Crippen LogP contribution in [-0.4, -0.2) is 91.3 Å². The molecule has 7 heterocycles. The Kier molecular flexibility index (Phi) is 6.51. The van der Waals surface area contributed by atoms with Gasteiger partial charge in [-0.1, -0.05) is 6.42 Å². The van der Waals surface area contributed by atoms with Crippen LogP contribution in [0.3, 0.4) is 0 Å². The van der Waals surface area contributed by atoms with Gasteiger partial charge in [0.25, 0.3) is 5.56 Å². The van der Waals surface area contributed by atoms with E-state index in [0.29, 0.717) is 30.4 Å². The molecule has 3 saturated heterocycles. The van der Waals surface area contributed by atoms with Gasteiger partial charge in [-0.05, 0) is 12.8 Å². The lowest BCUT2D eigenvalue weighted by Gasteiger charge is -2.23. The van der Waals surface area contributed by atoms with Crippen molar-refractivity contribution in [2.24, 2.45) is 5.92 Å². The summed E-state index contributed by atoms with van der Waals surface area (Å²) in [6, 6.07) is 0. The van der Waals surface area contributed by atoms with E-state index in [-0.39, 0.29) is 22.9 Å². The molecule has 0 saturated carbocycles. The fraction of sp³-hybridized carbons (Fsp3) is 0.545. The van der Waals surface area contributed by atoms with E-state index in [1.165, 1.54) is 28.1 Å². The lowest BCUT2D eigenvalue weighted by molar-refractivity contribution is -0.0529. The summed E-state index contributed by atoms with van der Waals surface area (Å²) in [5, 5.41) is 22.5. The molecule has 0 amide bonds. The molecule has 224 valence electrons. The summed E-state index contributed by atoms with van der Waals surface area (Å²) in [5.41, 5.74) is 11.8. The summed E-state index contributed by atoms with van der Waals surface area (Å²) in [6.45, 7) is -0.408. The molecule has 3 fully saturated rings. The average Bonchev–Trinajstić information content (AvgIpc) is 3.69. The molecule has 9 atom stereocenters. The zero-order valence-corrected chi connectivity index (χ0v) is 22.6. The van der Waals surface area contributed by atoms with Gasteiger partial charge in [-0.2, -0.15) is 4.98 Å². The van der Waals surface area contributed by atoms with Crippen molar-refractivity contribution in [3.63, 3.8) is 0 Å². The van der Waals surface area contributed by atoms with Crippen molar-refractivity contribution in [3.8, 4) is 0 Å². The fourth-order valence-corrected chi connectivity index (χ4v) is 6.91. The van der Waals surface area contributed by atoms with Crippen LogP contribution in [0.1, 0.15) is 31.7 Å². The van der Waals surface area contributed by atoms with E-state index < -0.39 is 68.9 Å². The average molecular weight is 606 g/mol. The molecule has 4 aromatic heterocycles. The molecule has 0 radical (unpaired) electrons. The number of hydrogen-bond donors (Lipinski definition) is 6. The standard InChI is InChI=1S/C22H27N10O9P/c23-16-11-17(26-5-25-16)31(6-27-11)21-14(34)15-9(39-21)3-1-2-8-10(4-38-42(36,37)41-15)40-20(13(8)33)32-7-28-12-18(32)29-22(24)30-19(12)35/h5-10,13-15,20-21,33-34H,1-4H2,(H,36,37)(H2,23,25,26)(H3,24,29,30,35). The highest BCUT2D eigenvalue weighted by molar-refractivity contribution is 7.47. The van der Waals surface area contributed by atoms with Crippen molar-refractivity contribution in [2.75, 3.05) is 18.1 Å².